The normalized spacial score (nSPS) is 6.80. The fourth-order valence-electron chi connectivity index (χ4n) is 0.0833. The lowest BCUT2D eigenvalue weighted by Gasteiger charge is -1.89. The Balaban J connectivity index is 0. The quantitative estimate of drug-likeness (QED) is 0.431. The Morgan fingerprint density at radius 1 is 1.10 bits per heavy atom. The minimum absolute atomic E-state index is 0.657. The maximum absolute atomic E-state index is 9.74. The molecule has 0 saturated carbocycles. The molecule has 0 unspecified atom stereocenters. The zero-order valence-corrected chi connectivity index (χ0v) is 6.90. The fourth-order valence-corrected chi connectivity index (χ4v) is 0.0833. The van der Waals surface area contributed by atoms with E-state index in [1.165, 1.54) is 14.2 Å². The summed E-state index contributed by atoms with van der Waals surface area (Å²) in [5, 5.41) is 0. The number of rotatable bonds is 0. The molecule has 0 atom stereocenters. The molecule has 0 saturated heterocycles. The van der Waals surface area contributed by atoms with Crippen molar-refractivity contribution in [1.82, 2.24) is 0 Å². The summed E-state index contributed by atoms with van der Waals surface area (Å²) in [7, 11) is 2.51. The van der Waals surface area contributed by atoms with Gasteiger partial charge in [-0.1, -0.05) is 0 Å². The number of hydrogen-bond acceptors (Lipinski definition) is 4. The van der Waals surface area contributed by atoms with Gasteiger partial charge in [0, 0.05) is 0 Å². The molecule has 0 aromatic rings. The summed E-state index contributed by atoms with van der Waals surface area (Å²) < 4.78 is 7.19. The van der Waals surface area contributed by atoms with E-state index in [2.05, 4.69) is 32.7 Å². The first-order valence-corrected chi connectivity index (χ1v) is 2.77. The molecule has 0 amide bonds. The van der Waals surface area contributed by atoms with Gasteiger partial charge in [-0.25, -0.2) is 4.79 Å². The number of ether oxygens (including phenoxy) is 2. The van der Waals surface area contributed by atoms with Gasteiger partial charge in [0.1, 0.15) is 0 Å². The highest BCUT2D eigenvalue weighted by Crippen LogP contribution is 1.84. The van der Waals surface area contributed by atoms with E-state index in [1.807, 2.05) is 0 Å². The van der Waals surface area contributed by atoms with Crippen molar-refractivity contribution < 1.29 is 19.1 Å². The molecule has 4 nitrogen and oxygen atoms in total. The van der Waals surface area contributed by atoms with Crippen molar-refractivity contribution in [3.05, 3.63) is 0 Å². The second-order valence-corrected chi connectivity index (χ2v) is 1.76. The smallest absolute Gasteiger partial charge is 0.438 e. The van der Waals surface area contributed by atoms with Crippen molar-refractivity contribution in [2.45, 2.75) is 0 Å². The van der Waals surface area contributed by atoms with E-state index in [0.717, 1.165) is 0 Å². The Labute approximate surface area is 68.0 Å². The third kappa shape index (κ3) is 25.8. The Morgan fingerprint density at radius 3 is 1.30 bits per heavy atom. The number of halogens is 2. The van der Waals surface area contributed by atoms with Crippen molar-refractivity contribution in [2.24, 2.45) is 0 Å². The lowest BCUT2D eigenvalue weighted by atomic mass is 11.3. The zero-order chi connectivity index (χ0) is 8.57. The summed E-state index contributed by atoms with van der Waals surface area (Å²) in [5.74, 6) is 0. The van der Waals surface area contributed by atoms with Crippen LogP contribution < -0.4 is 0 Å². The molecule has 0 bridgehead atoms. The minimum atomic E-state index is -0.889. The highest BCUT2D eigenvalue weighted by atomic mass is 35.5. The van der Waals surface area contributed by atoms with Crippen LogP contribution in [0.5, 0.6) is 0 Å². The van der Waals surface area contributed by atoms with Crippen LogP contribution in [-0.4, -0.2) is 25.1 Å². The maximum atomic E-state index is 9.74. The lowest BCUT2D eigenvalue weighted by Crippen LogP contribution is -1.97. The standard InChI is InChI=1S/C3H6O3.CCl2O/c1-5-3(4)6-2;2-1(3)4/h1-2H3;. The van der Waals surface area contributed by atoms with Crippen molar-refractivity contribution in [1.29, 1.82) is 0 Å². The maximum Gasteiger partial charge on any atom is 0.507 e. The summed E-state index contributed by atoms with van der Waals surface area (Å²) in [6, 6.07) is 0. The topological polar surface area (TPSA) is 52.6 Å². The molecule has 0 rings (SSSR count). The van der Waals surface area contributed by atoms with E-state index >= 15 is 0 Å². The molecule has 0 heterocycles. The second kappa shape index (κ2) is 8.52. The van der Waals surface area contributed by atoms with Gasteiger partial charge in [0.05, 0.1) is 14.2 Å². The predicted molar refractivity (Wildman–Crippen MR) is 36.5 cm³/mol. The highest BCUT2D eigenvalue weighted by Gasteiger charge is 1.88. The van der Waals surface area contributed by atoms with Crippen LogP contribution in [0, 0.1) is 0 Å². The summed E-state index contributed by atoms with van der Waals surface area (Å²) in [4.78, 5) is 18.7. The van der Waals surface area contributed by atoms with E-state index in [-0.39, 0.29) is 0 Å². The lowest BCUT2D eigenvalue weighted by molar-refractivity contribution is 0.0924. The van der Waals surface area contributed by atoms with E-state index in [1.54, 1.807) is 0 Å². The average Bonchev–Trinajstić information content (AvgIpc) is 1.85. The molecular formula is C4H6Cl2O4. The minimum Gasteiger partial charge on any atom is -0.438 e. The molecule has 10 heavy (non-hydrogen) atoms. The monoisotopic (exact) mass is 188 g/mol. The van der Waals surface area contributed by atoms with Gasteiger partial charge in [-0.2, -0.15) is 0 Å². The van der Waals surface area contributed by atoms with Crippen molar-refractivity contribution in [3.63, 3.8) is 0 Å². The molecule has 60 valence electrons. The largest absolute Gasteiger partial charge is 0.507 e. The molecule has 0 aromatic carbocycles. The van der Waals surface area contributed by atoms with Gasteiger partial charge < -0.3 is 9.47 Å². The van der Waals surface area contributed by atoms with Crippen LogP contribution in [0.1, 0.15) is 0 Å². The van der Waals surface area contributed by atoms with Crippen molar-refractivity contribution >= 4 is 34.1 Å². The Morgan fingerprint density at radius 2 is 1.30 bits per heavy atom. The molecule has 0 radical (unpaired) electrons. The van der Waals surface area contributed by atoms with Crippen LogP contribution in [0.4, 0.5) is 9.59 Å². The number of methoxy groups -OCH3 is 2. The number of hydrogen-bond donors (Lipinski definition) is 0. The van der Waals surface area contributed by atoms with Crippen LogP contribution >= 0.6 is 23.2 Å². The van der Waals surface area contributed by atoms with Crippen LogP contribution in [-0.2, 0) is 9.47 Å². The van der Waals surface area contributed by atoms with E-state index in [9.17, 15) is 4.79 Å². The molecule has 0 aliphatic rings. The molecular weight excluding hydrogens is 183 g/mol. The van der Waals surface area contributed by atoms with Gasteiger partial charge >= 0.3 is 10.9 Å². The van der Waals surface area contributed by atoms with Crippen LogP contribution in [0.25, 0.3) is 0 Å². The first-order valence-electron chi connectivity index (χ1n) is 2.01. The molecule has 0 fully saturated rings. The van der Waals surface area contributed by atoms with E-state index in [4.69, 9.17) is 4.79 Å². The first-order chi connectivity index (χ1) is 4.54. The molecule has 0 spiro atoms. The molecule has 0 aliphatic carbocycles. The van der Waals surface area contributed by atoms with Gasteiger partial charge in [0.2, 0.25) is 0 Å². The average molecular weight is 189 g/mol. The van der Waals surface area contributed by atoms with Crippen LogP contribution in [0.15, 0.2) is 0 Å². The molecule has 6 heteroatoms. The Kier molecular flexibility index (Phi) is 10.4. The molecule has 0 aliphatic heterocycles. The summed E-state index contributed by atoms with van der Waals surface area (Å²) in [5.41, 5.74) is 0. The fraction of sp³-hybridized carbons (Fsp3) is 0.500. The van der Waals surface area contributed by atoms with Gasteiger partial charge in [-0.05, 0) is 23.2 Å². The van der Waals surface area contributed by atoms with Gasteiger partial charge in [0.25, 0.3) is 0 Å². The second-order valence-electron chi connectivity index (χ2n) is 0.884. The van der Waals surface area contributed by atoms with Crippen molar-refractivity contribution in [2.75, 3.05) is 14.2 Å². The predicted octanol–water partition coefficient (Wildman–Crippen LogP) is 1.98. The van der Waals surface area contributed by atoms with Crippen LogP contribution in [0.3, 0.4) is 0 Å². The van der Waals surface area contributed by atoms with Crippen molar-refractivity contribution in [3.8, 4) is 0 Å². The number of carbonyl (C=O) groups excluding carboxylic acids is 2. The summed E-state index contributed by atoms with van der Waals surface area (Å²) >= 11 is 8.80. The molecule has 0 N–H and O–H groups in total. The first kappa shape index (κ1) is 12.2. The van der Waals surface area contributed by atoms with Gasteiger partial charge in [0.15, 0.2) is 0 Å². The third-order valence-electron chi connectivity index (χ3n) is 0.333. The third-order valence-corrected chi connectivity index (χ3v) is 0.333. The molecule has 0 aromatic heterocycles. The summed E-state index contributed by atoms with van der Waals surface area (Å²) in [6.45, 7) is 0. The van der Waals surface area contributed by atoms with Gasteiger partial charge in [-0.15, -0.1) is 0 Å². The van der Waals surface area contributed by atoms with Gasteiger partial charge in [-0.3, -0.25) is 4.79 Å². The van der Waals surface area contributed by atoms with Crippen LogP contribution in [0.2, 0.25) is 0 Å². The Hall–Kier alpha value is -0.480. The SMILES string of the molecule is COC(=O)OC.O=C(Cl)Cl. The highest BCUT2D eigenvalue weighted by molar-refractivity contribution is 6.93. The Bertz CT molecular complexity index is 104. The summed E-state index contributed by atoms with van der Waals surface area (Å²) in [6.07, 6.45) is -0.657. The number of carbonyl (C=O) groups is 2. The zero-order valence-electron chi connectivity index (χ0n) is 5.39. The van der Waals surface area contributed by atoms with E-state index < -0.39 is 10.9 Å². The van der Waals surface area contributed by atoms with E-state index in [0.29, 0.717) is 0 Å².